The predicted molar refractivity (Wildman–Crippen MR) is 80.8 cm³/mol. The minimum Gasteiger partial charge on any atom is -0.289 e. The van der Waals surface area contributed by atoms with Gasteiger partial charge in [-0.2, -0.15) is 0 Å². The highest BCUT2D eigenvalue weighted by Crippen LogP contribution is 2.22. The molecule has 0 aliphatic heterocycles. The van der Waals surface area contributed by atoms with E-state index < -0.39 is 0 Å². The predicted octanol–water partition coefficient (Wildman–Crippen LogP) is 2.63. The van der Waals surface area contributed by atoms with Crippen molar-refractivity contribution in [2.24, 2.45) is 0 Å². The van der Waals surface area contributed by atoms with Crippen LogP contribution in [0.3, 0.4) is 0 Å². The molecule has 0 radical (unpaired) electrons. The molecule has 0 spiro atoms. The lowest BCUT2D eigenvalue weighted by atomic mass is 9.88. The second kappa shape index (κ2) is 4.32. The van der Waals surface area contributed by atoms with Gasteiger partial charge in [0.05, 0.1) is 0 Å². The quantitative estimate of drug-likeness (QED) is 0.725. The van der Waals surface area contributed by atoms with Gasteiger partial charge in [0.15, 0.2) is 5.78 Å². The summed E-state index contributed by atoms with van der Waals surface area (Å²) in [7, 11) is 0. The van der Waals surface area contributed by atoms with Gasteiger partial charge in [-0.3, -0.25) is 4.79 Å². The van der Waals surface area contributed by atoms with E-state index in [9.17, 15) is 4.79 Å². The molecule has 20 heavy (non-hydrogen) atoms. The summed E-state index contributed by atoms with van der Waals surface area (Å²) in [5.41, 5.74) is 1.99. The fourth-order valence-electron chi connectivity index (χ4n) is 3.30. The average Bonchev–Trinajstić information content (AvgIpc) is 2.47. The number of hydrogen-bond acceptors (Lipinski definition) is 1. The summed E-state index contributed by atoms with van der Waals surface area (Å²) in [4.78, 5) is 12.5. The zero-order chi connectivity index (χ0) is 13.7. The highest BCUT2D eigenvalue weighted by molar-refractivity contribution is 6.45. The molecule has 0 fully saturated rings. The van der Waals surface area contributed by atoms with Gasteiger partial charge in [-0.05, 0) is 51.8 Å². The number of hydrogen-bond donors (Lipinski definition) is 0. The third kappa shape index (κ3) is 1.60. The zero-order valence-electron chi connectivity index (χ0n) is 10.9. The van der Waals surface area contributed by atoms with Gasteiger partial charge in [0, 0.05) is 10.6 Å². The highest BCUT2D eigenvalue weighted by atomic mass is 35.5. The van der Waals surface area contributed by atoms with Crippen molar-refractivity contribution in [1.29, 1.82) is 0 Å². The number of carbonyl (C=O) groups excluding carboxylic acids is 1. The van der Waals surface area contributed by atoms with E-state index >= 15 is 0 Å². The van der Waals surface area contributed by atoms with Crippen molar-refractivity contribution in [3.63, 3.8) is 0 Å². The Bertz CT molecular complexity index is 954. The van der Waals surface area contributed by atoms with Crippen LogP contribution < -0.4 is 10.4 Å². The largest absolute Gasteiger partial charge is 0.289 e. The fourth-order valence-corrected chi connectivity index (χ4v) is 3.61. The lowest BCUT2D eigenvalue weighted by Crippen LogP contribution is -2.24. The van der Waals surface area contributed by atoms with E-state index in [2.05, 4.69) is 12.1 Å². The Hall–Kier alpha value is -1.86. The van der Waals surface area contributed by atoms with E-state index in [-0.39, 0.29) is 5.78 Å². The van der Waals surface area contributed by atoms with E-state index in [0.717, 1.165) is 56.3 Å². The number of rotatable bonds is 0. The van der Waals surface area contributed by atoms with Crippen molar-refractivity contribution >= 4 is 28.5 Å². The van der Waals surface area contributed by atoms with E-state index in [1.165, 1.54) is 0 Å². The number of halogens is 1. The Morgan fingerprint density at radius 3 is 2.60 bits per heavy atom. The van der Waals surface area contributed by atoms with Crippen LogP contribution in [0.2, 0.25) is 0 Å². The molecule has 0 atom stereocenters. The minimum atomic E-state index is 0.113. The Morgan fingerprint density at radius 2 is 1.70 bits per heavy atom. The molecule has 2 aliphatic rings. The molecule has 0 N–H and O–H groups in total. The summed E-state index contributed by atoms with van der Waals surface area (Å²) >= 11 is 6.33. The number of benzene rings is 2. The number of carbonyl (C=O) groups is 1. The van der Waals surface area contributed by atoms with Gasteiger partial charge in [0.1, 0.15) is 0 Å². The van der Waals surface area contributed by atoms with Crippen molar-refractivity contribution in [3.05, 3.63) is 68.4 Å². The van der Waals surface area contributed by atoms with Crippen LogP contribution in [-0.2, 0) is 6.42 Å². The van der Waals surface area contributed by atoms with Crippen LogP contribution in [0.1, 0.15) is 28.8 Å². The van der Waals surface area contributed by atoms with Crippen molar-refractivity contribution in [2.45, 2.75) is 19.3 Å². The van der Waals surface area contributed by atoms with Gasteiger partial charge in [0.25, 0.3) is 0 Å². The topological polar surface area (TPSA) is 17.1 Å². The third-order valence-electron chi connectivity index (χ3n) is 4.21. The molecule has 2 heteroatoms. The van der Waals surface area contributed by atoms with Gasteiger partial charge >= 0.3 is 0 Å². The molecule has 0 heterocycles. The molecule has 0 saturated heterocycles. The maximum absolute atomic E-state index is 12.5. The van der Waals surface area contributed by atoms with E-state index in [1.807, 2.05) is 24.3 Å². The van der Waals surface area contributed by atoms with Gasteiger partial charge in [-0.15, -0.1) is 0 Å². The number of fused-ring (bicyclic) bond motifs is 4. The van der Waals surface area contributed by atoms with Gasteiger partial charge in [-0.1, -0.05) is 48.0 Å². The Balaban J connectivity index is 2.30. The van der Waals surface area contributed by atoms with Crippen molar-refractivity contribution in [3.8, 4) is 0 Å². The van der Waals surface area contributed by atoms with Crippen molar-refractivity contribution in [2.75, 3.05) is 0 Å². The first-order valence-corrected chi connectivity index (χ1v) is 7.29. The average molecular weight is 281 g/mol. The third-order valence-corrected chi connectivity index (χ3v) is 4.60. The van der Waals surface area contributed by atoms with Gasteiger partial charge < -0.3 is 0 Å². The molecule has 2 aromatic rings. The maximum Gasteiger partial charge on any atom is 0.187 e. The van der Waals surface area contributed by atoms with Crippen LogP contribution in [0, 0.1) is 10.4 Å². The Labute approximate surface area is 121 Å². The lowest BCUT2D eigenvalue weighted by molar-refractivity contribution is 0.105. The van der Waals surface area contributed by atoms with E-state index in [1.54, 1.807) is 6.08 Å². The molecule has 0 unspecified atom stereocenters. The molecule has 0 saturated carbocycles. The number of ketones is 1. The Kier molecular flexibility index (Phi) is 2.58. The molecule has 1 nitrogen and oxygen atoms in total. The number of Topliss-reactive ketones (excluding diaryl/α,β-unsaturated/α-hetero) is 1. The maximum atomic E-state index is 12.5. The molecule has 4 rings (SSSR count). The summed E-state index contributed by atoms with van der Waals surface area (Å²) in [6, 6.07) is 12.2. The smallest absolute Gasteiger partial charge is 0.187 e. The molecule has 2 aromatic carbocycles. The SMILES string of the molecule is O=C1C=c2ccccc2=c2ccc3c(c21)CCCC=3Cl. The minimum absolute atomic E-state index is 0.113. The van der Waals surface area contributed by atoms with Crippen LogP contribution in [0.15, 0.2) is 36.4 Å². The molecule has 0 aromatic heterocycles. The zero-order valence-corrected chi connectivity index (χ0v) is 11.7. The second-order valence-electron chi connectivity index (χ2n) is 5.37. The first-order chi connectivity index (χ1) is 9.75. The first kappa shape index (κ1) is 11.9. The fraction of sp³-hybridized carbons (Fsp3) is 0.167. The summed E-state index contributed by atoms with van der Waals surface area (Å²) < 4.78 is 0. The lowest BCUT2D eigenvalue weighted by Gasteiger charge is -2.17. The summed E-state index contributed by atoms with van der Waals surface area (Å²) in [6.45, 7) is 0. The molecule has 0 bridgehead atoms. The highest BCUT2D eigenvalue weighted by Gasteiger charge is 2.19. The molecule has 0 amide bonds. The van der Waals surface area contributed by atoms with Crippen LogP contribution >= 0.6 is 11.6 Å². The Morgan fingerprint density at radius 1 is 0.900 bits per heavy atom. The van der Waals surface area contributed by atoms with Crippen LogP contribution in [0.5, 0.6) is 0 Å². The summed E-state index contributed by atoms with van der Waals surface area (Å²) in [5, 5.41) is 5.17. The summed E-state index contributed by atoms with van der Waals surface area (Å²) in [5.74, 6) is 0.113. The van der Waals surface area contributed by atoms with Gasteiger partial charge in [-0.25, -0.2) is 0 Å². The van der Waals surface area contributed by atoms with E-state index in [4.69, 9.17) is 11.6 Å². The van der Waals surface area contributed by atoms with Crippen LogP contribution in [0.25, 0.3) is 11.1 Å². The van der Waals surface area contributed by atoms with Gasteiger partial charge in [0.2, 0.25) is 0 Å². The van der Waals surface area contributed by atoms with E-state index in [0.29, 0.717) is 0 Å². The molecule has 2 aliphatic carbocycles. The molecular weight excluding hydrogens is 268 g/mol. The first-order valence-electron chi connectivity index (χ1n) is 6.92. The molecule has 98 valence electrons. The second-order valence-corrected chi connectivity index (χ2v) is 5.82. The van der Waals surface area contributed by atoms with Crippen LogP contribution in [0.4, 0.5) is 0 Å². The van der Waals surface area contributed by atoms with Crippen molar-refractivity contribution in [1.82, 2.24) is 0 Å². The monoisotopic (exact) mass is 280 g/mol. The molecular formula is C18H13ClO. The normalized spacial score (nSPS) is 16.1. The summed E-state index contributed by atoms with van der Waals surface area (Å²) in [6.07, 6.45) is 4.63. The standard InChI is InChI=1S/C18H13ClO/c19-16-7-3-6-14-13(16)8-9-15-12-5-2-1-4-11(12)10-17(20)18(14)15/h1-2,4-5,8-10H,3,6-7H2. The van der Waals surface area contributed by atoms with Crippen LogP contribution in [-0.4, -0.2) is 5.78 Å². The van der Waals surface area contributed by atoms with Crippen molar-refractivity contribution < 1.29 is 4.79 Å².